The van der Waals surface area contributed by atoms with Gasteiger partial charge in [0.15, 0.2) is 0 Å². The number of nitro benzene ring substituents is 1. The summed E-state index contributed by atoms with van der Waals surface area (Å²) in [7, 11) is 0. The first-order chi connectivity index (χ1) is 14.5. The Bertz CT molecular complexity index is 941. The lowest BCUT2D eigenvalue weighted by Crippen LogP contribution is -2.36. The van der Waals surface area contributed by atoms with Crippen molar-refractivity contribution in [2.45, 2.75) is 19.8 Å². The van der Waals surface area contributed by atoms with E-state index in [2.05, 4.69) is 10.6 Å². The van der Waals surface area contributed by atoms with Crippen molar-refractivity contribution in [1.82, 2.24) is 0 Å². The van der Waals surface area contributed by atoms with Gasteiger partial charge in [-0.05, 0) is 36.8 Å². The fourth-order valence-corrected chi connectivity index (χ4v) is 3.21. The zero-order chi connectivity index (χ0) is 21.5. The maximum absolute atomic E-state index is 12.7. The van der Waals surface area contributed by atoms with Crippen LogP contribution in [0.25, 0.3) is 0 Å². The van der Waals surface area contributed by atoms with E-state index in [4.69, 9.17) is 4.74 Å². The number of rotatable bonds is 7. The zero-order valence-electron chi connectivity index (χ0n) is 16.7. The van der Waals surface area contributed by atoms with Crippen LogP contribution >= 0.6 is 0 Å². The Morgan fingerprint density at radius 1 is 1.10 bits per heavy atom. The summed E-state index contributed by atoms with van der Waals surface area (Å²) in [6.07, 6.45) is 1.15. The molecule has 9 nitrogen and oxygen atoms in total. The van der Waals surface area contributed by atoms with E-state index >= 15 is 0 Å². The van der Waals surface area contributed by atoms with Gasteiger partial charge in [-0.2, -0.15) is 0 Å². The zero-order valence-corrected chi connectivity index (χ0v) is 16.7. The molecule has 158 valence electrons. The number of nitro groups is 1. The van der Waals surface area contributed by atoms with E-state index < -0.39 is 10.8 Å². The van der Waals surface area contributed by atoms with Gasteiger partial charge >= 0.3 is 0 Å². The smallest absolute Gasteiger partial charge is 0.293 e. The molecule has 30 heavy (non-hydrogen) atoms. The number of hydrogen-bond acceptors (Lipinski definition) is 6. The summed E-state index contributed by atoms with van der Waals surface area (Å²) >= 11 is 0. The van der Waals surface area contributed by atoms with Crippen molar-refractivity contribution in [3.63, 3.8) is 0 Å². The molecule has 1 saturated heterocycles. The minimum absolute atomic E-state index is 0.102. The van der Waals surface area contributed by atoms with Crippen molar-refractivity contribution in [1.29, 1.82) is 0 Å². The van der Waals surface area contributed by atoms with Gasteiger partial charge in [-0.25, -0.2) is 0 Å². The molecule has 9 heteroatoms. The number of hydrogen-bond donors (Lipinski definition) is 2. The van der Waals surface area contributed by atoms with Gasteiger partial charge < -0.3 is 20.3 Å². The quantitative estimate of drug-likeness (QED) is 0.532. The molecule has 1 aliphatic heterocycles. The maximum atomic E-state index is 12.7. The Kier molecular flexibility index (Phi) is 6.97. The molecule has 0 atom stereocenters. The van der Waals surface area contributed by atoms with Crippen LogP contribution in [-0.4, -0.2) is 43.0 Å². The highest BCUT2D eigenvalue weighted by molar-refractivity contribution is 6.05. The van der Waals surface area contributed by atoms with Crippen molar-refractivity contribution in [3.8, 4) is 0 Å². The van der Waals surface area contributed by atoms with Gasteiger partial charge in [-0.15, -0.1) is 0 Å². The van der Waals surface area contributed by atoms with Crippen molar-refractivity contribution in [2.75, 3.05) is 41.8 Å². The van der Waals surface area contributed by atoms with Crippen LogP contribution in [0.3, 0.4) is 0 Å². The number of carbonyl (C=O) groups excluding carboxylic acids is 2. The summed E-state index contributed by atoms with van der Waals surface area (Å²) in [6.45, 7) is 4.04. The summed E-state index contributed by atoms with van der Waals surface area (Å²) < 4.78 is 5.30. The van der Waals surface area contributed by atoms with Crippen LogP contribution in [0.2, 0.25) is 0 Å². The van der Waals surface area contributed by atoms with Crippen LogP contribution < -0.4 is 15.5 Å². The van der Waals surface area contributed by atoms with Crippen molar-refractivity contribution in [2.24, 2.45) is 0 Å². The second kappa shape index (κ2) is 9.84. The van der Waals surface area contributed by atoms with Crippen LogP contribution in [-0.2, 0) is 9.53 Å². The average molecular weight is 412 g/mol. The number of amides is 2. The number of morpholine rings is 1. The van der Waals surface area contributed by atoms with E-state index in [1.807, 2.05) is 11.8 Å². The molecule has 2 aromatic rings. The SMILES string of the molecule is CCCC(=O)Nc1cccc(NC(=O)c2ccc(N3CCOCC3)c([N+](=O)[O-])c2)c1. The number of nitrogens with one attached hydrogen (secondary N) is 2. The van der Waals surface area contributed by atoms with Gasteiger partial charge in [-0.1, -0.05) is 13.0 Å². The summed E-state index contributed by atoms with van der Waals surface area (Å²) in [5.41, 5.74) is 1.58. The molecule has 0 aliphatic carbocycles. The highest BCUT2D eigenvalue weighted by Gasteiger charge is 2.23. The van der Waals surface area contributed by atoms with E-state index in [-0.39, 0.29) is 17.2 Å². The molecule has 0 spiro atoms. The average Bonchev–Trinajstić information content (AvgIpc) is 2.74. The third-order valence-electron chi connectivity index (χ3n) is 4.67. The highest BCUT2D eigenvalue weighted by atomic mass is 16.6. The van der Waals surface area contributed by atoms with Gasteiger partial charge in [0.25, 0.3) is 11.6 Å². The second-order valence-electron chi connectivity index (χ2n) is 6.89. The van der Waals surface area contributed by atoms with Gasteiger partial charge in [0.1, 0.15) is 5.69 Å². The Balaban J connectivity index is 1.76. The lowest BCUT2D eigenvalue weighted by molar-refractivity contribution is -0.384. The Labute approximate surface area is 174 Å². The van der Waals surface area contributed by atoms with Gasteiger partial charge in [0, 0.05) is 42.5 Å². The predicted molar refractivity (Wildman–Crippen MR) is 114 cm³/mol. The fraction of sp³-hybridized carbons (Fsp3) is 0.333. The molecule has 3 rings (SSSR count). The molecule has 2 N–H and O–H groups in total. The molecule has 1 heterocycles. The highest BCUT2D eigenvalue weighted by Crippen LogP contribution is 2.30. The van der Waals surface area contributed by atoms with Crippen LogP contribution in [0.1, 0.15) is 30.1 Å². The number of carbonyl (C=O) groups is 2. The number of anilines is 3. The first-order valence-electron chi connectivity index (χ1n) is 9.80. The van der Waals surface area contributed by atoms with Crippen molar-refractivity contribution < 1.29 is 19.2 Å². The molecule has 0 bridgehead atoms. The lowest BCUT2D eigenvalue weighted by Gasteiger charge is -2.28. The molecular weight excluding hydrogens is 388 g/mol. The van der Waals surface area contributed by atoms with E-state index in [1.165, 1.54) is 6.07 Å². The number of ether oxygens (including phenoxy) is 1. The van der Waals surface area contributed by atoms with Gasteiger partial charge in [-0.3, -0.25) is 19.7 Å². The summed E-state index contributed by atoms with van der Waals surface area (Å²) in [5.74, 6) is -0.570. The largest absolute Gasteiger partial charge is 0.378 e. The van der Waals surface area contributed by atoms with Crippen LogP contribution in [0.15, 0.2) is 42.5 Å². The Hall–Kier alpha value is -3.46. The molecule has 0 aromatic heterocycles. The van der Waals surface area contributed by atoms with E-state index in [9.17, 15) is 19.7 Å². The van der Waals surface area contributed by atoms with Gasteiger partial charge in [0.05, 0.1) is 18.1 Å². The van der Waals surface area contributed by atoms with Crippen LogP contribution in [0.4, 0.5) is 22.7 Å². The van der Waals surface area contributed by atoms with Gasteiger partial charge in [0.2, 0.25) is 5.91 Å². The lowest BCUT2D eigenvalue weighted by atomic mass is 10.1. The molecule has 2 aromatic carbocycles. The molecule has 2 amide bonds. The predicted octanol–water partition coefficient (Wildman–Crippen LogP) is 3.42. The topological polar surface area (TPSA) is 114 Å². The Morgan fingerprint density at radius 3 is 2.47 bits per heavy atom. The Morgan fingerprint density at radius 2 is 1.80 bits per heavy atom. The number of benzene rings is 2. The molecule has 1 aliphatic rings. The monoisotopic (exact) mass is 412 g/mol. The van der Waals surface area contributed by atoms with E-state index in [0.717, 1.165) is 6.42 Å². The van der Waals surface area contributed by atoms with Crippen molar-refractivity contribution >= 4 is 34.6 Å². The summed E-state index contributed by atoms with van der Waals surface area (Å²) in [4.78, 5) is 37.4. The minimum Gasteiger partial charge on any atom is -0.378 e. The third kappa shape index (κ3) is 5.32. The summed E-state index contributed by atoms with van der Waals surface area (Å²) in [5, 5.41) is 17.1. The summed E-state index contributed by atoms with van der Waals surface area (Å²) in [6, 6.07) is 11.2. The number of nitrogens with zero attached hydrogens (tertiary/aromatic N) is 2. The normalized spacial score (nSPS) is 13.6. The second-order valence-corrected chi connectivity index (χ2v) is 6.89. The van der Waals surface area contributed by atoms with E-state index in [0.29, 0.717) is 49.8 Å². The third-order valence-corrected chi connectivity index (χ3v) is 4.67. The molecule has 1 fully saturated rings. The van der Waals surface area contributed by atoms with Crippen molar-refractivity contribution in [3.05, 3.63) is 58.1 Å². The first kappa shape index (κ1) is 21.3. The van der Waals surface area contributed by atoms with Crippen LogP contribution in [0.5, 0.6) is 0 Å². The molecule has 0 radical (unpaired) electrons. The first-order valence-corrected chi connectivity index (χ1v) is 9.80. The standard InChI is InChI=1S/C21H24N4O5/c1-2-4-20(26)22-16-5-3-6-17(14-16)23-21(27)15-7-8-18(19(13-15)25(28)29)24-9-11-30-12-10-24/h3,5-8,13-14H,2,4,9-12H2,1H3,(H,22,26)(H,23,27). The maximum Gasteiger partial charge on any atom is 0.293 e. The van der Waals surface area contributed by atoms with Crippen LogP contribution in [0, 0.1) is 10.1 Å². The minimum atomic E-state index is -0.481. The van der Waals surface area contributed by atoms with E-state index in [1.54, 1.807) is 36.4 Å². The molecular formula is C21H24N4O5. The molecule has 0 unspecified atom stereocenters. The fourth-order valence-electron chi connectivity index (χ4n) is 3.21. The molecule has 0 saturated carbocycles.